The molecule has 1 fully saturated rings. The van der Waals surface area contributed by atoms with Crippen LogP contribution < -0.4 is 10.6 Å². The number of aryl methyl sites for hydroxylation is 1. The van der Waals surface area contributed by atoms with Crippen molar-refractivity contribution in [1.82, 2.24) is 15.1 Å². The van der Waals surface area contributed by atoms with Crippen LogP contribution in [0.15, 0.2) is 18.2 Å². The van der Waals surface area contributed by atoms with Gasteiger partial charge in [-0.15, -0.1) is 0 Å². The maximum atomic E-state index is 12.5. The largest absolute Gasteiger partial charge is 0.352 e. The second-order valence-electron chi connectivity index (χ2n) is 6.94. The number of hydrogen-bond acceptors (Lipinski definition) is 3. The van der Waals surface area contributed by atoms with Crippen LogP contribution in [0.2, 0.25) is 0 Å². The molecule has 2 rings (SSSR count). The van der Waals surface area contributed by atoms with Gasteiger partial charge >= 0.3 is 6.03 Å². The van der Waals surface area contributed by atoms with Gasteiger partial charge in [0.15, 0.2) is 0 Å². The van der Waals surface area contributed by atoms with Crippen molar-refractivity contribution in [3.63, 3.8) is 0 Å². The monoisotopic (exact) mass is 360 g/mol. The van der Waals surface area contributed by atoms with Crippen LogP contribution in [0.1, 0.15) is 35.7 Å². The average Bonchev–Trinajstić information content (AvgIpc) is 2.91. The Balaban J connectivity index is 1.99. The molecule has 1 aromatic rings. The van der Waals surface area contributed by atoms with Crippen molar-refractivity contribution in [2.75, 3.05) is 39.0 Å². The van der Waals surface area contributed by atoms with E-state index in [9.17, 15) is 14.4 Å². The van der Waals surface area contributed by atoms with E-state index in [4.69, 9.17) is 0 Å². The first-order valence-corrected chi connectivity index (χ1v) is 8.96. The summed E-state index contributed by atoms with van der Waals surface area (Å²) in [4.78, 5) is 39.5. The van der Waals surface area contributed by atoms with Gasteiger partial charge in [-0.3, -0.25) is 9.59 Å². The molecule has 26 heavy (non-hydrogen) atoms. The summed E-state index contributed by atoms with van der Waals surface area (Å²) in [5.41, 5.74) is 2.02. The topological polar surface area (TPSA) is 81.8 Å². The Kier molecular flexibility index (Phi) is 6.60. The fourth-order valence-electron chi connectivity index (χ4n) is 3.00. The van der Waals surface area contributed by atoms with Gasteiger partial charge in [-0.1, -0.05) is 13.0 Å². The molecular formula is C19H28N4O3. The molecule has 1 aromatic carbocycles. The third-order valence-corrected chi connectivity index (χ3v) is 4.58. The first kappa shape index (κ1) is 19.8. The van der Waals surface area contributed by atoms with Crippen LogP contribution in [0.3, 0.4) is 0 Å². The van der Waals surface area contributed by atoms with Crippen LogP contribution in [-0.2, 0) is 4.79 Å². The molecule has 0 radical (unpaired) electrons. The lowest BCUT2D eigenvalue weighted by molar-refractivity contribution is -0.126. The lowest BCUT2D eigenvalue weighted by atomic mass is 10.1. The third-order valence-electron chi connectivity index (χ3n) is 4.58. The van der Waals surface area contributed by atoms with Crippen molar-refractivity contribution in [2.24, 2.45) is 5.92 Å². The third kappa shape index (κ3) is 4.97. The molecule has 1 saturated heterocycles. The summed E-state index contributed by atoms with van der Waals surface area (Å²) in [6.45, 7) is 5.67. The van der Waals surface area contributed by atoms with Crippen molar-refractivity contribution < 1.29 is 14.4 Å². The Hall–Kier alpha value is -2.57. The van der Waals surface area contributed by atoms with E-state index in [0.29, 0.717) is 37.3 Å². The van der Waals surface area contributed by atoms with Crippen LogP contribution in [-0.4, -0.2) is 61.4 Å². The zero-order chi connectivity index (χ0) is 19.3. The highest BCUT2D eigenvalue weighted by molar-refractivity contribution is 5.97. The number of amides is 4. The van der Waals surface area contributed by atoms with E-state index in [1.807, 2.05) is 19.9 Å². The number of nitrogens with one attached hydrogen (secondary N) is 2. The number of rotatable bonds is 6. The van der Waals surface area contributed by atoms with Gasteiger partial charge < -0.3 is 20.4 Å². The molecule has 1 aliphatic rings. The summed E-state index contributed by atoms with van der Waals surface area (Å²) in [6.07, 6.45) is 1.34. The molecule has 0 aliphatic carbocycles. The van der Waals surface area contributed by atoms with Gasteiger partial charge in [0.2, 0.25) is 5.91 Å². The fourth-order valence-corrected chi connectivity index (χ4v) is 3.00. The summed E-state index contributed by atoms with van der Waals surface area (Å²) in [7, 11) is 3.49. The van der Waals surface area contributed by atoms with Crippen LogP contribution in [0.5, 0.6) is 0 Å². The minimum Gasteiger partial charge on any atom is -0.352 e. The van der Waals surface area contributed by atoms with Gasteiger partial charge in [-0.2, -0.15) is 0 Å². The second-order valence-corrected chi connectivity index (χ2v) is 6.94. The Morgan fingerprint density at radius 1 is 1.35 bits per heavy atom. The summed E-state index contributed by atoms with van der Waals surface area (Å²) in [5, 5.41) is 5.70. The summed E-state index contributed by atoms with van der Waals surface area (Å²) in [5.74, 6) is 0.115. The Morgan fingerprint density at radius 2 is 2.08 bits per heavy atom. The normalized spacial score (nSPS) is 16.5. The molecule has 2 N–H and O–H groups in total. The predicted molar refractivity (Wildman–Crippen MR) is 101 cm³/mol. The van der Waals surface area contributed by atoms with Crippen LogP contribution in [0.25, 0.3) is 0 Å². The highest BCUT2D eigenvalue weighted by Gasteiger charge is 2.28. The summed E-state index contributed by atoms with van der Waals surface area (Å²) in [6, 6.07) is 5.01. The van der Waals surface area contributed by atoms with E-state index in [1.165, 1.54) is 0 Å². The standard InChI is InChI=1S/C19H28N4O3/c1-5-8-20-18(25)15-7-6-13(2)16(10-15)21-19(26)23(4)12-14-9-17(24)22(3)11-14/h6-7,10,14H,5,8-9,11-12H2,1-4H3,(H,20,25)(H,21,26)/t14-/m1/s1. The van der Waals surface area contributed by atoms with Crippen molar-refractivity contribution in [2.45, 2.75) is 26.7 Å². The van der Waals surface area contributed by atoms with Crippen LogP contribution in [0, 0.1) is 12.8 Å². The summed E-state index contributed by atoms with van der Waals surface area (Å²) >= 11 is 0. The van der Waals surface area contributed by atoms with Gasteiger partial charge in [0.05, 0.1) is 0 Å². The molecule has 1 heterocycles. The van der Waals surface area contributed by atoms with Crippen molar-refractivity contribution in [3.05, 3.63) is 29.3 Å². The fraction of sp³-hybridized carbons (Fsp3) is 0.526. The molecule has 142 valence electrons. The number of urea groups is 1. The lowest BCUT2D eigenvalue weighted by Crippen LogP contribution is -2.36. The molecule has 0 bridgehead atoms. The highest BCUT2D eigenvalue weighted by atomic mass is 16.2. The molecule has 0 saturated carbocycles. The Labute approximate surface area is 154 Å². The molecule has 4 amide bonds. The zero-order valence-electron chi connectivity index (χ0n) is 16.0. The Bertz CT molecular complexity index is 689. The van der Waals surface area contributed by atoms with Gasteiger partial charge in [-0.25, -0.2) is 4.79 Å². The minimum absolute atomic E-state index is 0.116. The van der Waals surface area contributed by atoms with Gasteiger partial charge in [0.25, 0.3) is 5.91 Å². The number of hydrogen-bond donors (Lipinski definition) is 2. The van der Waals surface area contributed by atoms with Crippen molar-refractivity contribution in [3.8, 4) is 0 Å². The molecule has 1 aliphatic heterocycles. The number of anilines is 1. The molecule has 0 spiro atoms. The quantitative estimate of drug-likeness (QED) is 0.815. The van der Waals surface area contributed by atoms with E-state index in [2.05, 4.69) is 10.6 Å². The van der Waals surface area contributed by atoms with E-state index in [1.54, 1.807) is 36.0 Å². The maximum absolute atomic E-state index is 12.5. The molecule has 0 unspecified atom stereocenters. The number of benzene rings is 1. The van der Waals surface area contributed by atoms with Gasteiger partial charge in [0.1, 0.15) is 0 Å². The second kappa shape index (κ2) is 8.69. The number of likely N-dealkylation sites (tertiary alicyclic amines) is 1. The average molecular weight is 360 g/mol. The van der Waals surface area contributed by atoms with E-state index >= 15 is 0 Å². The molecular weight excluding hydrogens is 332 g/mol. The lowest BCUT2D eigenvalue weighted by Gasteiger charge is -2.22. The van der Waals surface area contributed by atoms with Gasteiger partial charge in [0, 0.05) is 57.3 Å². The molecule has 1 atom stereocenters. The maximum Gasteiger partial charge on any atom is 0.321 e. The first-order valence-electron chi connectivity index (χ1n) is 8.96. The number of carbonyl (C=O) groups is 3. The predicted octanol–water partition coefficient (Wildman–Crippen LogP) is 2.08. The molecule has 7 heteroatoms. The SMILES string of the molecule is CCCNC(=O)c1ccc(C)c(NC(=O)N(C)C[C@@H]2CC(=O)N(C)C2)c1. The van der Waals surface area contributed by atoms with E-state index < -0.39 is 0 Å². The summed E-state index contributed by atoms with van der Waals surface area (Å²) < 4.78 is 0. The van der Waals surface area contributed by atoms with Crippen molar-refractivity contribution in [1.29, 1.82) is 0 Å². The number of carbonyl (C=O) groups excluding carboxylic acids is 3. The van der Waals surface area contributed by atoms with Gasteiger partial charge in [-0.05, 0) is 31.0 Å². The van der Waals surface area contributed by atoms with Crippen LogP contribution in [0.4, 0.5) is 10.5 Å². The zero-order valence-corrected chi connectivity index (χ0v) is 16.0. The number of nitrogens with zero attached hydrogens (tertiary/aromatic N) is 2. The van der Waals surface area contributed by atoms with Crippen molar-refractivity contribution >= 4 is 23.5 Å². The van der Waals surface area contributed by atoms with Crippen LogP contribution >= 0.6 is 0 Å². The Morgan fingerprint density at radius 3 is 2.69 bits per heavy atom. The first-order chi connectivity index (χ1) is 12.3. The van der Waals surface area contributed by atoms with E-state index in [-0.39, 0.29) is 23.8 Å². The highest BCUT2D eigenvalue weighted by Crippen LogP contribution is 2.19. The minimum atomic E-state index is -0.249. The smallest absolute Gasteiger partial charge is 0.321 e. The van der Waals surface area contributed by atoms with E-state index in [0.717, 1.165) is 12.0 Å². The molecule has 0 aromatic heterocycles. The molecule has 7 nitrogen and oxygen atoms in total.